The minimum absolute atomic E-state index is 0.158. The lowest BCUT2D eigenvalue weighted by molar-refractivity contribution is -0.129. The number of nitrogens with two attached hydrogens (primary N) is 1. The van der Waals surface area contributed by atoms with E-state index in [-0.39, 0.29) is 17.9 Å². The molecule has 5 N–H and O–H groups in total. The normalized spacial score (nSPS) is 13.2. The summed E-state index contributed by atoms with van der Waals surface area (Å²) in [5.41, 5.74) is 6.49. The van der Waals surface area contributed by atoms with E-state index in [2.05, 4.69) is 16.0 Å². The molecule has 0 fully saturated rings. The first-order valence-electron chi connectivity index (χ1n) is 8.05. The summed E-state index contributed by atoms with van der Waals surface area (Å²) in [6, 6.07) is 8.75. The van der Waals surface area contributed by atoms with Gasteiger partial charge in [0.1, 0.15) is 6.04 Å². The van der Waals surface area contributed by atoms with Gasteiger partial charge in [-0.1, -0.05) is 36.8 Å². The van der Waals surface area contributed by atoms with Gasteiger partial charge in [-0.05, 0) is 32.0 Å². The Kier molecular flexibility index (Phi) is 8.94. The first kappa shape index (κ1) is 19.1. The van der Waals surface area contributed by atoms with Gasteiger partial charge < -0.3 is 21.7 Å². The van der Waals surface area contributed by atoms with Gasteiger partial charge >= 0.3 is 0 Å². The molecule has 1 rings (SSSR count). The predicted octanol–water partition coefficient (Wildman–Crippen LogP) is 0.177. The molecule has 1 aromatic carbocycles. The van der Waals surface area contributed by atoms with Crippen LogP contribution in [0.2, 0.25) is 0 Å². The monoisotopic (exact) mass is 320 g/mol. The number of rotatable bonds is 10. The standard InChI is InChI=1S/C17H28N4O2/c1-19-14(10-6-7-11-18)17(23)21-15(16(22)20-2)12-13-8-4-3-5-9-13/h3-5,8-9,14-15,19H,6-7,10-12,18H2,1-2H3,(H,20,22)(H,21,23). The Morgan fingerprint density at radius 1 is 1.04 bits per heavy atom. The van der Waals surface area contributed by atoms with Gasteiger partial charge in [-0.15, -0.1) is 0 Å². The zero-order chi connectivity index (χ0) is 17.1. The number of benzene rings is 1. The molecule has 0 saturated carbocycles. The maximum absolute atomic E-state index is 12.4. The van der Waals surface area contributed by atoms with Crippen molar-refractivity contribution in [2.45, 2.75) is 37.8 Å². The van der Waals surface area contributed by atoms with Crippen LogP contribution in [0.4, 0.5) is 0 Å². The number of nitrogens with one attached hydrogen (secondary N) is 3. The highest BCUT2D eigenvalue weighted by Gasteiger charge is 2.24. The Hall–Kier alpha value is -1.92. The largest absolute Gasteiger partial charge is 0.357 e. The van der Waals surface area contributed by atoms with Crippen molar-refractivity contribution in [2.75, 3.05) is 20.6 Å². The van der Waals surface area contributed by atoms with Crippen molar-refractivity contribution >= 4 is 11.8 Å². The summed E-state index contributed by atoms with van der Waals surface area (Å²) in [5.74, 6) is -0.354. The predicted molar refractivity (Wildman–Crippen MR) is 91.9 cm³/mol. The van der Waals surface area contributed by atoms with Gasteiger partial charge in [-0.25, -0.2) is 0 Å². The lowest BCUT2D eigenvalue weighted by Crippen LogP contribution is -2.52. The average molecular weight is 320 g/mol. The van der Waals surface area contributed by atoms with Gasteiger partial charge in [0.15, 0.2) is 0 Å². The molecule has 0 aliphatic carbocycles. The average Bonchev–Trinajstić information content (AvgIpc) is 2.58. The highest BCUT2D eigenvalue weighted by Crippen LogP contribution is 2.05. The van der Waals surface area contributed by atoms with Crippen molar-refractivity contribution in [3.63, 3.8) is 0 Å². The molecule has 0 spiro atoms. The number of carbonyl (C=O) groups is 2. The Balaban J connectivity index is 2.68. The second kappa shape index (κ2) is 10.7. The molecule has 0 aliphatic rings. The van der Waals surface area contributed by atoms with Crippen LogP contribution in [-0.4, -0.2) is 44.5 Å². The van der Waals surface area contributed by atoms with Gasteiger partial charge in [-0.2, -0.15) is 0 Å². The molecule has 6 nitrogen and oxygen atoms in total. The Morgan fingerprint density at radius 3 is 2.30 bits per heavy atom. The topological polar surface area (TPSA) is 96.2 Å². The van der Waals surface area contributed by atoms with Crippen molar-refractivity contribution in [1.29, 1.82) is 0 Å². The SMILES string of the molecule is CNC(=O)C(Cc1ccccc1)NC(=O)C(CCCCN)NC. The molecule has 2 unspecified atom stereocenters. The van der Waals surface area contributed by atoms with E-state index in [1.54, 1.807) is 14.1 Å². The number of carbonyl (C=O) groups excluding carboxylic acids is 2. The van der Waals surface area contributed by atoms with Gasteiger partial charge in [0.2, 0.25) is 11.8 Å². The molecule has 23 heavy (non-hydrogen) atoms. The number of hydrogen-bond donors (Lipinski definition) is 4. The van der Waals surface area contributed by atoms with E-state index >= 15 is 0 Å². The van der Waals surface area contributed by atoms with E-state index in [1.807, 2.05) is 30.3 Å². The molecule has 2 amide bonds. The third-order valence-corrected chi connectivity index (χ3v) is 3.77. The highest BCUT2D eigenvalue weighted by atomic mass is 16.2. The maximum atomic E-state index is 12.4. The molecule has 128 valence electrons. The van der Waals surface area contributed by atoms with Crippen LogP contribution in [-0.2, 0) is 16.0 Å². The van der Waals surface area contributed by atoms with Crippen molar-refractivity contribution in [1.82, 2.24) is 16.0 Å². The highest BCUT2D eigenvalue weighted by molar-refractivity contribution is 5.89. The molecular weight excluding hydrogens is 292 g/mol. The number of likely N-dealkylation sites (N-methyl/N-ethyl adjacent to an activating group) is 2. The Labute approximate surface area is 138 Å². The second-order valence-electron chi connectivity index (χ2n) is 5.49. The van der Waals surface area contributed by atoms with Crippen molar-refractivity contribution in [3.8, 4) is 0 Å². The van der Waals surface area contributed by atoms with Crippen LogP contribution in [0.3, 0.4) is 0 Å². The van der Waals surface area contributed by atoms with E-state index in [4.69, 9.17) is 5.73 Å². The van der Waals surface area contributed by atoms with E-state index in [9.17, 15) is 9.59 Å². The Bertz CT molecular complexity index is 479. The lowest BCUT2D eigenvalue weighted by Gasteiger charge is -2.21. The third kappa shape index (κ3) is 6.80. The molecular formula is C17H28N4O2. The van der Waals surface area contributed by atoms with Gasteiger partial charge in [-0.3, -0.25) is 9.59 Å². The van der Waals surface area contributed by atoms with E-state index in [1.165, 1.54) is 0 Å². The summed E-state index contributed by atoms with van der Waals surface area (Å²) < 4.78 is 0. The quantitative estimate of drug-likeness (QED) is 0.462. The molecule has 0 saturated heterocycles. The van der Waals surface area contributed by atoms with E-state index in [0.29, 0.717) is 19.4 Å². The summed E-state index contributed by atoms with van der Waals surface area (Å²) in [6.45, 7) is 0.618. The van der Waals surface area contributed by atoms with Gasteiger partial charge in [0.05, 0.1) is 6.04 Å². The molecule has 0 radical (unpaired) electrons. The third-order valence-electron chi connectivity index (χ3n) is 3.77. The zero-order valence-electron chi connectivity index (χ0n) is 14.0. The second-order valence-corrected chi connectivity index (χ2v) is 5.49. The first-order valence-corrected chi connectivity index (χ1v) is 8.05. The number of hydrogen-bond acceptors (Lipinski definition) is 4. The van der Waals surface area contributed by atoms with Crippen molar-refractivity contribution < 1.29 is 9.59 Å². The lowest BCUT2D eigenvalue weighted by atomic mass is 10.0. The smallest absolute Gasteiger partial charge is 0.242 e. The molecule has 1 aromatic rings. The molecule has 6 heteroatoms. The molecule has 2 atom stereocenters. The number of amides is 2. The summed E-state index contributed by atoms with van der Waals surface area (Å²) in [7, 11) is 3.32. The first-order chi connectivity index (χ1) is 11.1. The van der Waals surface area contributed by atoms with Crippen molar-refractivity contribution in [2.24, 2.45) is 5.73 Å². The zero-order valence-corrected chi connectivity index (χ0v) is 14.0. The van der Waals surface area contributed by atoms with Crippen LogP contribution < -0.4 is 21.7 Å². The van der Waals surface area contributed by atoms with Gasteiger partial charge in [0, 0.05) is 13.5 Å². The fourth-order valence-corrected chi connectivity index (χ4v) is 2.40. The molecule has 0 bridgehead atoms. The minimum Gasteiger partial charge on any atom is -0.357 e. The van der Waals surface area contributed by atoms with E-state index in [0.717, 1.165) is 18.4 Å². The van der Waals surface area contributed by atoms with Crippen LogP contribution in [0.5, 0.6) is 0 Å². The van der Waals surface area contributed by atoms with Crippen LogP contribution in [0.1, 0.15) is 24.8 Å². The summed E-state index contributed by atoms with van der Waals surface area (Å²) in [6.07, 6.45) is 2.92. The van der Waals surface area contributed by atoms with E-state index < -0.39 is 6.04 Å². The Morgan fingerprint density at radius 2 is 1.74 bits per heavy atom. The molecule has 0 heterocycles. The summed E-state index contributed by atoms with van der Waals surface area (Å²) >= 11 is 0. The van der Waals surface area contributed by atoms with Crippen LogP contribution >= 0.6 is 0 Å². The van der Waals surface area contributed by atoms with Crippen LogP contribution in [0.15, 0.2) is 30.3 Å². The van der Waals surface area contributed by atoms with Crippen molar-refractivity contribution in [3.05, 3.63) is 35.9 Å². The summed E-state index contributed by atoms with van der Waals surface area (Å²) in [5, 5.41) is 8.46. The fraction of sp³-hybridized carbons (Fsp3) is 0.529. The van der Waals surface area contributed by atoms with Gasteiger partial charge in [0.25, 0.3) is 0 Å². The fourth-order valence-electron chi connectivity index (χ4n) is 2.40. The van der Waals surface area contributed by atoms with Crippen LogP contribution in [0, 0.1) is 0 Å². The number of unbranched alkanes of at least 4 members (excludes halogenated alkanes) is 1. The molecule has 0 aromatic heterocycles. The molecule has 0 aliphatic heterocycles. The van der Waals surface area contributed by atoms with Crippen LogP contribution in [0.25, 0.3) is 0 Å². The minimum atomic E-state index is -0.583. The maximum Gasteiger partial charge on any atom is 0.242 e. The summed E-state index contributed by atoms with van der Waals surface area (Å²) in [4.78, 5) is 24.5.